The van der Waals surface area contributed by atoms with Crippen LogP contribution >= 0.6 is 0 Å². The van der Waals surface area contributed by atoms with Crippen molar-refractivity contribution in [2.24, 2.45) is 0 Å². The second-order valence-corrected chi connectivity index (χ2v) is 6.40. The molecule has 122 valence electrons. The molecule has 0 radical (unpaired) electrons. The molecule has 0 aromatic carbocycles. The van der Waals surface area contributed by atoms with Crippen molar-refractivity contribution in [1.82, 2.24) is 29.4 Å². The second-order valence-electron chi connectivity index (χ2n) is 6.40. The van der Waals surface area contributed by atoms with Crippen LogP contribution in [-0.2, 0) is 11.3 Å². The molecular formula is C14H18N6O3. The number of aryl methyl sites for hydroxylation is 1. The summed E-state index contributed by atoms with van der Waals surface area (Å²) in [6, 6.07) is 1.52. The number of fused-ring (bicyclic) bond motifs is 1. The number of aromatic amines is 1. The Balaban J connectivity index is 1.53. The molecule has 4 rings (SSSR count). The largest absolute Gasteiger partial charge is 0.439 e. The summed E-state index contributed by atoms with van der Waals surface area (Å²) in [6.45, 7) is 4.39. The van der Waals surface area contributed by atoms with Gasteiger partial charge in [-0.15, -0.1) is 0 Å². The lowest BCUT2D eigenvalue weighted by Gasteiger charge is -2.21. The molecule has 0 aliphatic carbocycles. The van der Waals surface area contributed by atoms with Crippen molar-refractivity contribution in [1.29, 1.82) is 0 Å². The van der Waals surface area contributed by atoms with Gasteiger partial charge in [-0.2, -0.15) is 9.50 Å². The number of amides is 1. The molecule has 1 atom stereocenters. The number of nitrogens with one attached hydrogen (secondary N) is 1. The summed E-state index contributed by atoms with van der Waals surface area (Å²) in [5.41, 5.74) is 0.0798. The van der Waals surface area contributed by atoms with Gasteiger partial charge in [0.1, 0.15) is 11.4 Å². The van der Waals surface area contributed by atoms with Crippen LogP contribution in [0.15, 0.2) is 10.9 Å². The third-order valence-electron chi connectivity index (χ3n) is 4.42. The first-order valence-corrected chi connectivity index (χ1v) is 7.56. The van der Waals surface area contributed by atoms with Gasteiger partial charge in [0.2, 0.25) is 0 Å². The number of ether oxygens (including phenoxy) is 1. The standard InChI is InChI=1S/C14H18N6O3/c1-9-15-12-16-10(5-11(21)20(12)17-9)6-19-4-3-14(8-19)7-18(2)13(22)23-14/h5H,3-4,6-8H2,1-2H3,(H,15,16,17). The number of aromatic nitrogens is 4. The van der Waals surface area contributed by atoms with Crippen molar-refractivity contribution in [3.05, 3.63) is 27.9 Å². The number of carbonyl (C=O) groups is 1. The molecule has 1 amide bonds. The third-order valence-corrected chi connectivity index (χ3v) is 4.42. The molecule has 9 nitrogen and oxygen atoms in total. The Labute approximate surface area is 131 Å². The van der Waals surface area contributed by atoms with Crippen molar-refractivity contribution in [2.75, 3.05) is 26.7 Å². The minimum Gasteiger partial charge on any atom is -0.439 e. The van der Waals surface area contributed by atoms with Crippen LogP contribution in [0.5, 0.6) is 0 Å². The Morgan fingerprint density at radius 1 is 1.35 bits per heavy atom. The Morgan fingerprint density at radius 2 is 2.17 bits per heavy atom. The maximum atomic E-state index is 12.1. The molecule has 1 N–H and O–H groups in total. The second kappa shape index (κ2) is 4.79. The third kappa shape index (κ3) is 2.37. The van der Waals surface area contributed by atoms with Gasteiger partial charge in [-0.3, -0.25) is 14.8 Å². The van der Waals surface area contributed by atoms with E-state index in [9.17, 15) is 9.59 Å². The van der Waals surface area contributed by atoms with Gasteiger partial charge in [0.15, 0.2) is 0 Å². The number of hydrogen-bond donors (Lipinski definition) is 1. The van der Waals surface area contributed by atoms with Crippen LogP contribution in [0, 0.1) is 6.92 Å². The van der Waals surface area contributed by atoms with Crippen LogP contribution < -0.4 is 5.56 Å². The molecule has 2 aromatic rings. The smallest absolute Gasteiger partial charge is 0.410 e. The van der Waals surface area contributed by atoms with E-state index in [1.807, 2.05) is 0 Å². The quantitative estimate of drug-likeness (QED) is 0.820. The van der Waals surface area contributed by atoms with E-state index in [4.69, 9.17) is 4.74 Å². The van der Waals surface area contributed by atoms with E-state index in [0.29, 0.717) is 36.9 Å². The summed E-state index contributed by atoms with van der Waals surface area (Å²) in [5, 5.41) is 2.85. The van der Waals surface area contributed by atoms with Gasteiger partial charge in [-0.05, 0) is 6.92 Å². The molecule has 9 heteroatoms. The fraction of sp³-hybridized carbons (Fsp3) is 0.571. The maximum Gasteiger partial charge on any atom is 0.410 e. The lowest BCUT2D eigenvalue weighted by atomic mass is 10.0. The van der Waals surface area contributed by atoms with E-state index in [1.165, 1.54) is 10.6 Å². The van der Waals surface area contributed by atoms with Gasteiger partial charge in [0, 0.05) is 39.2 Å². The number of H-pyrrole nitrogens is 1. The lowest BCUT2D eigenvalue weighted by molar-refractivity contribution is 0.0626. The number of nitrogens with zero attached hydrogens (tertiary/aromatic N) is 5. The number of carbonyl (C=O) groups excluding carboxylic acids is 1. The van der Waals surface area contributed by atoms with Crippen molar-refractivity contribution in [2.45, 2.75) is 25.5 Å². The number of hydrogen-bond acceptors (Lipinski definition) is 6. The Kier molecular flexibility index (Phi) is 2.95. The number of likely N-dealkylation sites (tertiary alicyclic amines) is 1. The lowest BCUT2D eigenvalue weighted by Crippen LogP contribution is -2.37. The van der Waals surface area contributed by atoms with Crippen molar-refractivity contribution in [3.63, 3.8) is 0 Å². The van der Waals surface area contributed by atoms with Gasteiger partial charge in [0.05, 0.1) is 12.2 Å². The summed E-state index contributed by atoms with van der Waals surface area (Å²) >= 11 is 0. The molecule has 1 spiro atoms. The molecule has 0 saturated carbocycles. The summed E-state index contributed by atoms with van der Waals surface area (Å²) in [7, 11) is 1.75. The fourth-order valence-electron chi connectivity index (χ4n) is 3.41. The predicted molar refractivity (Wildman–Crippen MR) is 80.1 cm³/mol. The Hall–Kier alpha value is -2.42. The average Bonchev–Trinajstić information content (AvgIpc) is 3.10. The van der Waals surface area contributed by atoms with Gasteiger partial charge < -0.3 is 9.64 Å². The van der Waals surface area contributed by atoms with Gasteiger partial charge in [0.25, 0.3) is 11.3 Å². The molecule has 23 heavy (non-hydrogen) atoms. The highest BCUT2D eigenvalue weighted by molar-refractivity contribution is 5.70. The zero-order valence-electron chi connectivity index (χ0n) is 13.1. The van der Waals surface area contributed by atoms with E-state index in [1.54, 1.807) is 18.9 Å². The van der Waals surface area contributed by atoms with Crippen LogP contribution in [0.1, 0.15) is 17.9 Å². The summed E-state index contributed by atoms with van der Waals surface area (Å²) in [6.07, 6.45) is 0.530. The first kappa shape index (κ1) is 14.2. The predicted octanol–water partition coefficient (Wildman–Crippen LogP) is -0.247. The number of likely N-dealkylation sites (N-methyl/N-ethyl adjacent to an activating group) is 1. The monoisotopic (exact) mass is 318 g/mol. The molecule has 2 fully saturated rings. The summed E-state index contributed by atoms with van der Waals surface area (Å²) < 4.78 is 6.86. The van der Waals surface area contributed by atoms with Crippen molar-refractivity contribution < 1.29 is 9.53 Å². The molecule has 2 saturated heterocycles. The highest BCUT2D eigenvalue weighted by Gasteiger charge is 2.48. The van der Waals surface area contributed by atoms with Crippen LogP contribution in [0.3, 0.4) is 0 Å². The fourth-order valence-corrected chi connectivity index (χ4v) is 3.41. The van der Waals surface area contributed by atoms with Gasteiger partial charge >= 0.3 is 6.09 Å². The van der Waals surface area contributed by atoms with Crippen LogP contribution in [0.25, 0.3) is 5.78 Å². The zero-order chi connectivity index (χ0) is 16.2. The van der Waals surface area contributed by atoms with Crippen LogP contribution in [0.2, 0.25) is 0 Å². The zero-order valence-corrected chi connectivity index (χ0v) is 13.1. The van der Waals surface area contributed by atoms with Crippen molar-refractivity contribution >= 4 is 11.9 Å². The van der Waals surface area contributed by atoms with Gasteiger partial charge in [-0.1, -0.05) is 0 Å². The highest BCUT2D eigenvalue weighted by Crippen LogP contribution is 2.32. The van der Waals surface area contributed by atoms with E-state index >= 15 is 0 Å². The van der Waals surface area contributed by atoms with Gasteiger partial charge in [-0.25, -0.2) is 9.78 Å². The molecule has 4 heterocycles. The molecule has 0 bridgehead atoms. The van der Waals surface area contributed by atoms with Crippen LogP contribution in [0.4, 0.5) is 4.79 Å². The normalized spacial score (nSPS) is 25.0. The van der Waals surface area contributed by atoms with E-state index < -0.39 is 5.60 Å². The summed E-state index contributed by atoms with van der Waals surface area (Å²) in [4.78, 5) is 36.1. The molecule has 1 unspecified atom stereocenters. The molecular weight excluding hydrogens is 300 g/mol. The van der Waals surface area contributed by atoms with Crippen LogP contribution in [-0.4, -0.2) is 67.8 Å². The summed E-state index contributed by atoms with van der Waals surface area (Å²) in [5.74, 6) is 1.03. The van der Waals surface area contributed by atoms with E-state index in [2.05, 4.69) is 20.0 Å². The van der Waals surface area contributed by atoms with Crippen molar-refractivity contribution in [3.8, 4) is 0 Å². The van der Waals surface area contributed by atoms with E-state index in [-0.39, 0.29) is 11.7 Å². The minimum atomic E-state index is -0.423. The Morgan fingerprint density at radius 3 is 2.91 bits per heavy atom. The first-order valence-electron chi connectivity index (χ1n) is 7.56. The molecule has 2 aliphatic rings. The Bertz CT molecular complexity index is 843. The first-order chi connectivity index (χ1) is 10.9. The molecule has 2 aromatic heterocycles. The SMILES string of the molecule is Cc1nc2nc(CN3CCC4(C3)CN(C)C(=O)O4)cc(=O)n2[nH]1. The average molecular weight is 318 g/mol. The number of rotatable bonds is 2. The molecule has 2 aliphatic heterocycles. The topological polar surface area (TPSA) is 95.8 Å². The highest BCUT2D eigenvalue weighted by atomic mass is 16.6. The minimum absolute atomic E-state index is 0.175. The van der Waals surface area contributed by atoms with E-state index in [0.717, 1.165) is 13.0 Å². The maximum absolute atomic E-state index is 12.1.